The normalized spacial score (nSPS) is 36.7. The first-order valence-corrected chi connectivity index (χ1v) is 10.8. The zero-order chi connectivity index (χ0) is 20.3. The summed E-state index contributed by atoms with van der Waals surface area (Å²) in [5.74, 6) is 0.344. The SMILES string of the molecule is C[C@@]12CN(CCc3cnc[nH]3)[C@@H]3N(CCc4cnc[nH]4)C(=O)[C@@](C)(C1)C[C@]3(C)C2. The van der Waals surface area contributed by atoms with Gasteiger partial charge in [0.25, 0.3) is 0 Å². The molecule has 3 fully saturated rings. The second kappa shape index (κ2) is 6.42. The van der Waals surface area contributed by atoms with Crippen LogP contribution in [-0.4, -0.2) is 61.4 Å². The smallest absolute Gasteiger partial charge is 0.229 e. The van der Waals surface area contributed by atoms with E-state index >= 15 is 0 Å². The Morgan fingerprint density at radius 2 is 1.66 bits per heavy atom. The zero-order valence-electron chi connectivity index (χ0n) is 17.7. The number of hydrogen-bond acceptors (Lipinski definition) is 4. The highest BCUT2D eigenvalue weighted by Gasteiger charge is 2.65. The van der Waals surface area contributed by atoms with Gasteiger partial charge in [-0.3, -0.25) is 9.69 Å². The fourth-order valence-electron chi connectivity index (χ4n) is 7.26. The van der Waals surface area contributed by atoms with Crippen LogP contribution in [0, 0.1) is 16.2 Å². The van der Waals surface area contributed by atoms with E-state index < -0.39 is 0 Å². The third-order valence-corrected chi connectivity index (χ3v) is 7.47. The lowest BCUT2D eigenvalue weighted by Crippen LogP contribution is -2.74. The number of amides is 1. The van der Waals surface area contributed by atoms with E-state index in [2.05, 4.69) is 50.5 Å². The van der Waals surface area contributed by atoms with E-state index in [4.69, 9.17) is 0 Å². The minimum Gasteiger partial charge on any atom is -0.348 e. The van der Waals surface area contributed by atoms with E-state index in [1.54, 1.807) is 12.7 Å². The van der Waals surface area contributed by atoms with Crippen molar-refractivity contribution in [1.29, 1.82) is 0 Å². The van der Waals surface area contributed by atoms with E-state index in [-0.39, 0.29) is 22.4 Å². The van der Waals surface area contributed by atoms with Crippen LogP contribution in [0.1, 0.15) is 51.4 Å². The largest absolute Gasteiger partial charge is 0.348 e. The Hall–Kier alpha value is -2.15. The minimum atomic E-state index is -0.234. The summed E-state index contributed by atoms with van der Waals surface area (Å²) in [7, 11) is 0. The number of imidazole rings is 2. The van der Waals surface area contributed by atoms with Crippen molar-refractivity contribution in [2.45, 2.75) is 59.0 Å². The molecule has 1 aliphatic carbocycles. The van der Waals surface area contributed by atoms with E-state index in [0.29, 0.717) is 5.91 Å². The molecular weight excluding hydrogens is 364 g/mol. The predicted octanol–water partition coefficient (Wildman–Crippen LogP) is 2.60. The molecule has 0 aromatic carbocycles. The maximum Gasteiger partial charge on any atom is 0.229 e. The molecule has 7 heteroatoms. The van der Waals surface area contributed by atoms with E-state index in [1.807, 2.05) is 12.4 Å². The van der Waals surface area contributed by atoms with Gasteiger partial charge in [-0.2, -0.15) is 0 Å². The van der Waals surface area contributed by atoms with Gasteiger partial charge in [0.1, 0.15) is 0 Å². The highest BCUT2D eigenvalue weighted by atomic mass is 16.2. The number of likely N-dealkylation sites (tertiary alicyclic amines) is 2. The maximum atomic E-state index is 13.7. The van der Waals surface area contributed by atoms with Crippen LogP contribution in [0.5, 0.6) is 0 Å². The number of piperidine rings is 2. The number of aromatic amines is 2. The predicted molar refractivity (Wildman–Crippen MR) is 110 cm³/mol. The number of fused-ring (bicyclic) bond motifs is 2. The Bertz CT molecular complexity index is 875. The summed E-state index contributed by atoms with van der Waals surface area (Å²) in [5, 5.41) is 0. The van der Waals surface area contributed by atoms with Crippen molar-refractivity contribution in [2.24, 2.45) is 16.2 Å². The van der Waals surface area contributed by atoms with Gasteiger partial charge in [0.15, 0.2) is 0 Å². The summed E-state index contributed by atoms with van der Waals surface area (Å²) in [6, 6.07) is 0. The molecule has 2 aliphatic heterocycles. The molecule has 2 aromatic rings. The molecule has 156 valence electrons. The number of carbonyl (C=O) groups excluding carboxylic acids is 1. The van der Waals surface area contributed by atoms with Crippen LogP contribution in [0.4, 0.5) is 0 Å². The monoisotopic (exact) mass is 396 g/mol. The lowest BCUT2D eigenvalue weighted by Gasteiger charge is -2.68. The first kappa shape index (κ1) is 18.9. The molecule has 4 atom stereocenters. The van der Waals surface area contributed by atoms with Crippen LogP contribution in [-0.2, 0) is 17.6 Å². The second-order valence-corrected chi connectivity index (χ2v) is 10.6. The highest BCUT2D eigenvalue weighted by molar-refractivity contribution is 5.84. The van der Waals surface area contributed by atoms with E-state index in [9.17, 15) is 4.79 Å². The van der Waals surface area contributed by atoms with Crippen molar-refractivity contribution in [3.8, 4) is 0 Å². The third-order valence-electron chi connectivity index (χ3n) is 7.47. The number of hydrogen-bond donors (Lipinski definition) is 2. The van der Waals surface area contributed by atoms with Gasteiger partial charge in [0, 0.05) is 67.1 Å². The molecule has 29 heavy (non-hydrogen) atoms. The Labute approximate surface area is 172 Å². The average Bonchev–Trinajstić information content (AvgIpc) is 3.32. The second-order valence-electron chi connectivity index (χ2n) is 10.6. The molecule has 1 saturated carbocycles. The number of aromatic nitrogens is 4. The Morgan fingerprint density at radius 1 is 1.00 bits per heavy atom. The van der Waals surface area contributed by atoms with Crippen molar-refractivity contribution in [3.05, 3.63) is 36.4 Å². The molecule has 0 unspecified atom stereocenters. The van der Waals surface area contributed by atoms with Crippen LogP contribution < -0.4 is 0 Å². The van der Waals surface area contributed by atoms with E-state index in [1.165, 1.54) is 6.42 Å². The fourth-order valence-corrected chi connectivity index (χ4v) is 7.26. The Balaban J connectivity index is 1.46. The van der Waals surface area contributed by atoms with Crippen molar-refractivity contribution >= 4 is 5.91 Å². The fraction of sp³-hybridized carbons (Fsp3) is 0.682. The summed E-state index contributed by atoms with van der Waals surface area (Å²) in [5.41, 5.74) is 2.36. The van der Waals surface area contributed by atoms with E-state index in [0.717, 1.165) is 56.7 Å². The first-order valence-electron chi connectivity index (χ1n) is 10.8. The molecule has 5 rings (SSSR count). The van der Waals surface area contributed by atoms with Crippen LogP contribution in [0.3, 0.4) is 0 Å². The van der Waals surface area contributed by atoms with Gasteiger partial charge in [-0.1, -0.05) is 20.8 Å². The number of carbonyl (C=O) groups is 1. The van der Waals surface area contributed by atoms with Gasteiger partial charge in [-0.15, -0.1) is 0 Å². The van der Waals surface area contributed by atoms with Crippen LogP contribution in [0.2, 0.25) is 0 Å². The molecule has 2 saturated heterocycles. The minimum absolute atomic E-state index is 0.135. The third kappa shape index (κ3) is 3.10. The van der Waals surface area contributed by atoms with Crippen LogP contribution in [0.15, 0.2) is 25.0 Å². The topological polar surface area (TPSA) is 80.9 Å². The van der Waals surface area contributed by atoms with Crippen LogP contribution in [0.25, 0.3) is 0 Å². The van der Waals surface area contributed by atoms with Crippen molar-refractivity contribution in [1.82, 2.24) is 29.7 Å². The summed E-state index contributed by atoms with van der Waals surface area (Å²) >= 11 is 0. The zero-order valence-corrected chi connectivity index (χ0v) is 17.7. The van der Waals surface area contributed by atoms with Crippen molar-refractivity contribution in [3.63, 3.8) is 0 Å². The number of H-pyrrole nitrogens is 2. The molecule has 0 spiro atoms. The lowest BCUT2D eigenvalue weighted by atomic mass is 9.48. The Morgan fingerprint density at radius 3 is 2.28 bits per heavy atom. The van der Waals surface area contributed by atoms with Crippen molar-refractivity contribution < 1.29 is 4.79 Å². The molecule has 3 bridgehead atoms. The van der Waals surface area contributed by atoms with Gasteiger partial charge >= 0.3 is 0 Å². The lowest BCUT2D eigenvalue weighted by molar-refractivity contribution is -0.220. The molecule has 3 aliphatic rings. The van der Waals surface area contributed by atoms with Gasteiger partial charge in [-0.25, -0.2) is 9.97 Å². The van der Waals surface area contributed by atoms with Gasteiger partial charge in [0.05, 0.1) is 18.8 Å². The summed E-state index contributed by atoms with van der Waals surface area (Å²) in [4.78, 5) is 33.2. The molecule has 2 aromatic heterocycles. The number of nitrogens with zero attached hydrogens (tertiary/aromatic N) is 4. The highest BCUT2D eigenvalue weighted by Crippen LogP contribution is 2.63. The standard InChI is InChI=1S/C22H32N6O/c1-20-10-21(2)12-22(3,11-20)19(29)28(7-5-17-9-24-15-26-17)18(21)27(13-20)6-4-16-8-23-14-25-16/h8-9,14-15,18H,4-7,10-13H2,1-3H3,(H,23,25)(H,24,26)/t18-,20+,21+,22+/m1/s1. The molecular formula is C22H32N6O. The molecule has 0 radical (unpaired) electrons. The quantitative estimate of drug-likeness (QED) is 0.786. The Kier molecular flexibility index (Phi) is 4.18. The summed E-state index contributed by atoms with van der Waals surface area (Å²) < 4.78 is 0. The van der Waals surface area contributed by atoms with Crippen molar-refractivity contribution in [2.75, 3.05) is 19.6 Å². The van der Waals surface area contributed by atoms with Gasteiger partial charge < -0.3 is 14.9 Å². The molecule has 2 N–H and O–H groups in total. The molecule has 1 amide bonds. The van der Waals surface area contributed by atoms with Gasteiger partial charge in [0.2, 0.25) is 5.91 Å². The average molecular weight is 397 g/mol. The number of nitrogens with one attached hydrogen (secondary N) is 2. The van der Waals surface area contributed by atoms with Crippen LogP contribution >= 0.6 is 0 Å². The number of rotatable bonds is 6. The summed E-state index contributed by atoms with van der Waals surface area (Å²) in [6.45, 7) is 9.78. The summed E-state index contributed by atoms with van der Waals surface area (Å²) in [6.07, 6.45) is 12.4. The molecule has 7 nitrogen and oxygen atoms in total. The van der Waals surface area contributed by atoms with Gasteiger partial charge in [-0.05, 0) is 24.7 Å². The molecule has 4 heterocycles. The maximum absolute atomic E-state index is 13.7. The first-order chi connectivity index (χ1) is 13.8.